The van der Waals surface area contributed by atoms with Crippen molar-refractivity contribution in [2.24, 2.45) is 17.8 Å². The smallest absolute Gasteiger partial charge is 0.459 e. The summed E-state index contributed by atoms with van der Waals surface area (Å²) in [5.74, 6) is -5.03. The number of alkyl halides is 2. The van der Waals surface area contributed by atoms with Crippen molar-refractivity contribution < 1.29 is 42.1 Å². The lowest BCUT2D eigenvalue weighted by Gasteiger charge is -2.60. The molecule has 5 rings (SSSR count). The van der Waals surface area contributed by atoms with Crippen LogP contribution in [0.15, 0.2) is 0 Å². The van der Waals surface area contributed by atoms with Gasteiger partial charge in [-0.2, -0.15) is 8.78 Å². The predicted molar refractivity (Wildman–Crippen MR) is 102 cm³/mol. The first-order chi connectivity index (χ1) is 14.6. The molecule has 7 nitrogen and oxygen atoms in total. The fourth-order valence-corrected chi connectivity index (χ4v) is 6.43. The highest BCUT2D eigenvalue weighted by Crippen LogP contribution is 2.60. The van der Waals surface area contributed by atoms with E-state index in [0.29, 0.717) is 38.0 Å². The first kappa shape index (κ1) is 22.3. The van der Waals surface area contributed by atoms with Crippen LogP contribution in [0.25, 0.3) is 0 Å². The Morgan fingerprint density at radius 2 is 1.48 bits per heavy atom. The van der Waals surface area contributed by atoms with Gasteiger partial charge in [-0.25, -0.2) is 9.59 Å². The summed E-state index contributed by atoms with van der Waals surface area (Å²) >= 11 is 0. The third-order valence-corrected chi connectivity index (χ3v) is 7.23. The van der Waals surface area contributed by atoms with E-state index < -0.39 is 36.0 Å². The maximum absolute atomic E-state index is 12.8. The zero-order chi connectivity index (χ0) is 22.3. The predicted octanol–water partition coefficient (Wildman–Crippen LogP) is 4.51. The maximum atomic E-state index is 12.8. The number of hydrogen-bond donors (Lipinski definition) is 0. The Hall–Kier alpha value is -1.93. The Kier molecular flexibility index (Phi) is 5.89. The molecule has 9 heteroatoms. The van der Waals surface area contributed by atoms with Crippen LogP contribution in [0.4, 0.5) is 13.6 Å². The van der Waals surface area contributed by atoms with E-state index in [0.717, 1.165) is 51.4 Å². The van der Waals surface area contributed by atoms with Gasteiger partial charge in [-0.15, -0.1) is 0 Å². The zero-order valence-electron chi connectivity index (χ0n) is 17.8. The van der Waals surface area contributed by atoms with Crippen LogP contribution < -0.4 is 0 Å². The fourth-order valence-electron chi connectivity index (χ4n) is 6.43. The van der Waals surface area contributed by atoms with Crippen LogP contribution >= 0.6 is 0 Å². The average Bonchev–Trinajstić information content (AvgIpc) is 2.66. The molecule has 0 saturated heterocycles. The van der Waals surface area contributed by atoms with E-state index in [-0.39, 0.29) is 11.9 Å². The molecule has 0 amide bonds. The highest BCUT2D eigenvalue weighted by molar-refractivity contribution is 5.77. The lowest BCUT2D eigenvalue weighted by Crippen LogP contribution is -2.62. The van der Waals surface area contributed by atoms with Gasteiger partial charge in [0.15, 0.2) is 0 Å². The molecule has 0 aromatic carbocycles. The Morgan fingerprint density at radius 1 is 0.903 bits per heavy atom. The largest absolute Gasteiger partial charge is 0.511 e. The van der Waals surface area contributed by atoms with Crippen LogP contribution in [0.2, 0.25) is 0 Å². The number of ether oxygens (including phenoxy) is 4. The van der Waals surface area contributed by atoms with Crippen LogP contribution in [0.3, 0.4) is 0 Å². The topological polar surface area (TPSA) is 88.1 Å². The molecular weight excluding hydrogens is 414 g/mol. The summed E-state index contributed by atoms with van der Waals surface area (Å²) < 4.78 is 46.4. The molecule has 174 valence electrons. The minimum Gasteiger partial charge on any atom is -0.459 e. The molecule has 31 heavy (non-hydrogen) atoms. The quantitative estimate of drug-likeness (QED) is 0.338. The van der Waals surface area contributed by atoms with Crippen molar-refractivity contribution in [3.63, 3.8) is 0 Å². The lowest BCUT2D eigenvalue weighted by molar-refractivity contribution is -0.227. The van der Waals surface area contributed by atoms with E-state index in [1.54, 1.807) is 0 Å². The lowest BCUT2D eigenvalue weighted by atomic mass is 9.52. The molecule has 2 atom stereocenters. The second kappa shape index (κ2) is 8.20. The molecule has 2 unspecified atom stereocenters. The molecule has 0 aromatic rings. The minimum absolute atomic E-state index is 0.0463. The van der Waals surface area contributed by atoms with Gasteiger partial charge in [0.05, 0.1) is 5.92 Å². The maximum Gasteiger partial charge on any atom is 0.511 e. The number of carbonyl (C=O) groups excluding carboxylic acids is 3. The van der Waals surface area contributed by atoms with Crippen molar-refractivity contribution in [2.75, 3.05) is 6.79 Å². The Bertz CT molecular complexity index is 712. The standard InChI is InChI=1S/C22H30F2O7/c1-20(23,24)18(26)28-13-29-19(27)31-22-10-14-7-15(11-22)9-21(8-14,12-22)30-17(25)16-5-3-2-4-6-16/h14-16H,2-13H2,1H3. The molecule has 0 spiro atoms. The Labute approximate surface area is 180 Å². The highest BCUT2D eigenvalue weighted by atomic mass is 19.3. The van der Waals surface area contributed by atoms with Gasteiger partial charge in [-0.3, -0.25) is 4.79 Å². The molecule has 5 aliphatic rings. The summed E-state index contributed by atoms with van der Waals surface area (Å²) in [6, 6.07) is 0. The molecule has 0 heterocycles. The molecule has 0 radical (unpaired) electrons. The molecule has 5 saturated carbocycles. The van der Waals surface area contributed by atoms with Gasteiger partial charge in [-0.1, -0.05) is 19.3 Å². The van der Waals surface area contributed by atoms with E-state index in [1.807, 2.05) is 0 Å². The van der Waals surface area contributed by atoms with Crippen molar-refractivity contribution >= 4 is 18.1 Å². The summed E-state index contributed by atoms with van der Waals surface area (Å²) in [6.07, 6.45) is 8.25. The first-order valence-corrected chi connectivity index (χ1v) is 11.2. The van der Waals surface area contributed by atoms with Gasteiger partial charge in [-0.05, 0) is 56.8 Å². The average molecular weight is 444 g/mol. The normalized spacial score (nSPS) is 34.8. The van der Waals surface area contributed by atoms with Crippen LogP contribution in [-0.2, 0) is 28.5 Å². The molecule has 0 aliphatic heterocycles. The fraction of sp³-hybridized carbons (Fsp3) is 0.864. The molecule has 0 aromatic heterocycles. The van der Waals surface area contributed by atoms with Crippen LogP contribution in [0.5, 0.6) is 0 Å². The molecule has 4 bridgehead atoms. The Balaban J connectivity index is 1.35. The van der Waals surface area contributed by atoms with Crippen molar-refractivity contribution in [3.8, 4) is 0 Å². The monoisotopic (exact) mass is 444 g/mol. The van der Waals surface area contributed by atoms with Gasteiger partial charge in [0, 0.05) is 13.3 Å². The van der Waals surface area contributed by atoms with Gasteiger partial charge in [0.25, 0.3) is 0 Å². The van der Waals surface area contributed by atoms with Crippen molar-refractivity contribution in [3.05, 3.63) is 0 Å². The van der Waals surface area contributed by atoms with Gasteiger partial charge in [0.2, 0.25) is 6.79 Å². The van der Waals surface area contributed by atoms with E-state index >= 15 is 0 Å². The second-order valence-electron chi connectivity index (χ2n) is 10.0. The van der Waals surface area contributed by atoms with Crippen LogP contribution in [-0.4, -0.2) is 42.0 Å². The summed E-state index contributed by atoms with van der Waals surface area (Å²) in [6.45, 7) is -0.539. The van der Waals surface area contributed by atoms with E-state index in [9.17, 15) is 23.2 Å². The van der Waals surface area contributed by atoms with E-state index in [2.05, 4.69) is 4.74 Å². The summed E-state index contributed by atoms with van der Waals surface area (Å²) in [5, 5.41) is 0. The second-order valence-corrected chi connectivity index (χ2v) is 10.0. The van der Waals surface area contributed by atoms with Gasteiger partial charge < -0.3 is 18.9 Å². The Morgan fingerprint density at radius 3 is 2.06 bits per heavy atom. The van der Waals surface area contributed by atoms with Crippen LogP contribution in [0.1, 0.15) is 77.6 Å². The van der Waals surface area contributed by atoms with Crippen molar-refractivity contribution in [1.82, 2.24) is 0 Å². The minimum atomic E-state index is -3.66. The molecular formula is C22H30F2O7. The number of carbonyl (C=O) groups is 3. The number of halogens is 2. The molecule has 5 fully saturated rings. The van der Waals surface area contributed by atoms with Gasteiger partial charge in [0.1, 0.15) is 11.2 Å². The molecule has 5 aliphatic carbocycles. The zero-order valence-corrected chi connectivity index (χ0v) is 17.8. The summed E-state index contributed by atoms with van der Waals surface area (Å²) in [5.41, 5.74) is -1.41. The SMILES string of the molecule is CC(F)(F)C(=O)OCOC(=O)OC12CC3CC(C1)CC(OC(=O)C1CCCCC1)(C3)C2. The number of rotatable bonds is 6. The summed E-state index contributed by atoms with van der Waals surface area (Å²) in [7, 11) is 0. The number of hydrogen-bond acceptors (Lipinski definition) is 7. The van der Waals surface area contributed by atoms with Crippen molar-refractivity contribution in [1.29, 1.82) is 0 Å². The van der Waals surface area contributed by atoms with Gasteiger partial charge >= 0.3 is 24.0 Å². The van der Waals surface area contributed by atoms with E-state index in [1.165, 1.54) is 0 Å². The van der Waals surface area contributed by atoms with E-state index in [4.69, 9.17) is 14.2 Å². The summed E-state index contributed by atoms with van der Waals surface area (Å²) in [4.78, 5) is 36.1. The van der Waals surface area contributed by atoms with Crippen LogP contribution in [0, 0.1) is 17.8 Å². The molecule has 0 N–H and O–H groups in total. The van der Waals surface area contributed by atoms with Crippen molar-refractivity contribution in [2.45, 2.75) is 94.7 Å². The third kappa shape index (κ3) is 4.95. The first-order valence-electron chi connectivity index (χ1n) is 11.2. The number of esters is 2. The highest BCUT2D eigenvalue weighted by Gasteiger charge is 2.62. The third-order valence-electron chi connectivity index (χ3n) is 7.23.